The Morgan fingerprint density at radius 3 is 2.51 bits per heavy atom. The second kappa shape index (κ2) is 11.9. The van der Waals surface area contributed by atoms with Gasteiger partial charge in [-0.05, 0) is 36.8 Å². The fraction of sp³-hybridized carbons (Fsp3) is 0.200. The van der Waals surface area contributed by atoms with Crippen molar-refractivity contribution in [3.05, 3.63) is 79.4 Å². The number of aliphatic hydroxyl groups excluding tert-OH is 1. The lowest BCUT2D eigenvalue weighted by Crippen LogP contribution is -2.14. The van der Waals surface area contributed by atoms with Gasteiger partial charge in [-0.1, -0.05) is 60.1 Å². The molecule has 7 nitrogen and oxygen atoms in total. The third-order valence-electron chi connectivity index (χ3n) is 4.73. The van der Waals surface area contributed by atoms with E-state index in [-0.39, 0.29) is 56.7 Å². The van der Waals surface area contributed by atoms with Gasteiger partial charge in [0.1, 0.15) is 23.0 Å². The zero-order chi connectivity index (χ0) is 25.5. The summed E-state index contributed by atoms with van der Waals surface area (Å²) in [5.74, 6) is -1.32. The molecule has 0 bridgehead atoms. The lowest BCUT2D eigenvalue weighted by Gasteiger charge is -2.12. The number of esters is 1. The van der Waals surface area contributed by atoms with E-state index in [0.29, 0.717) is 16.7 Å². The number of amides is 1. The molecule has 180 valence electrons. The number of hydrogen-bond donors (Lipinski definition) is 1. The van der Waals surface area contributed by atoms with Crippen molar-refractivity contribution < 1.29 is 24.2 Å². The fourth-order valence-corrected chi connectivity index (χ4v) is 4.69. The fourth-order valence-electron chi connectivity index (χ4n) is 3.04. The predicted molar refractivity (Wildman–Crippen MR) is 137 cm³/mol. The summed E-state index contributed by atoms with van der Waals surface area (Å²) < 4.78 is 10.8. The van der Waals surface area contributed by atoms with Gasteiger partial charge in [-0.3, -0.25) is 4.79 Å². The van der Waals surface area contributed by atoms with Crippen LogP contribution in [-0.4, -0.2) is 28.6 Å². The summed E-state index contributed by atoms with van der Waals surface area (Å²) in [6, 6.07) is 12.3. The average Bonchev–Trinajstić information content (AvgIpc) is 3.13. The average molecular weight is 531 g/mol. The van der Waals surface area contributed by atoms with Crippen LogP contribution in [0.2, 0.25) is 10.0 Å². The number of nitrogens with zero attached hydrogens (tertiary/aromatic N) is 2. The van der Waals surface area contributed by atoms with Gasteiger partial charge < -0.3 is 14.6 Å². The van der Waals surface area contributed by atoms with Crippen LogP contribution in [0, 0.1) is 11.3 Å². The first kappa shape index (κ1) is 26.4. The Labute approximate surface area is 216 Å². The van der Waals surface area contributed by atoms with Crippen molar-refractivity contribution in [2.24, 2.45) is 4.99 Å². The van der Waals surface area contributed by atoms with Gasteiger partial charge in [-0.2, -0.15) is 5.26 Å². The molecule has 0 atom stereocenters. The number of thioether (sulfide) groups is 1. The molecule has 0 fully saturated rings. The van der Waals surface area contributed by atoms with E-state index in [4.69, 9.17) is 32.7 Å². The topological polar surface area (TPSA) is 109 Å². The van der Waals surface area contributed by atoms with Crippen LogP contribution in [0.3, 0.4) is 0 Å². The molecule has 2 aromatic carbocycles. The molecule has 0 aliphatic carbocycles. The third-order valence-corrected chi connectivity index (χ3v) is 6.31. The van der Waals surface area contributed by atoms with Crippen LogP contribution in [0.25, 0.3) is 6.08 Å². The zero-order valence-electron chi connectivity index (χ0n) is 18.8. The number of carbonyl (C=O) groups is 2. The van der Waals surface area contributed by atoms with Crippen LogP contribution in [0.4, 0.5) is 0 Å². The Balaban J connectivity index is 1.91. The van der Waals surface area contributed by atoms with Crippen LogP contribution in [-0.2, 0) is 20.9 Å². The molecule has 0 spiro atoms. The molecule has 3 rings (SSSR count). The zero-order valence-corrected chi connectivity index (χ0v) is 21.1. The number of nitriles is 1. The number of carbonyl (C=O) groups excluding carboxylic acids is 2. The van der Waals surface area contributed by atoms with Crippen LogP contribution >= 0.6 is 35.0 Å². The number of benzene rings is 2. The van der Waals surface area contributed by atoms with E-state index in [1.165, 1.54) is 0 Å². The molecule has 35 heavy (non-hydrogen) atoms. The number of aliphatic hydroxyl groups is 1. The van der Waals surface area contributed by atoms with Gasteiger partial charge in [-0.25, -0.2) is 9.79 Å². The van der Waals surface area contributed by atoms with Crippen LogP contribution < -0.4 is 4.74 Å². The number of rotatable bonds is 7. The van der Waals surface area contributed by atoms with Crippen molar-refractivity contribution in [1.82, 2.24) is 0 Å². The predicted octanol–water partition coefficient (Wildman–Crippen LogP) is 6.24. The summed E-state index contributed by atoms with van der Waals surface area (Å²) in [5, 5.41) is 20.4. The minimum absolute atomic E-state index is 0.0624. The molecule has 10 heteroatoms. The van der Waals surface area contributed by atoms with Crippen molar-refractivity contribution in [3.63, 3.8) is 0 Å². The van der Waals surface area contributed by atoms with Crippen molar-refractivity contribution in [2.75, 3.05) is 6.61 Å². The van der Waals surface area contributed by atoms with Gasteiger partial charge in [0, 0.05) is 12.0 Å². The Hall–Kier alpha value is -3.25. The highest BCUT2D eigenvalue weighted by Gasteiger charge is 2.33. The molecule has 1 aliphatic rings. The van der Waals surface area contributed by atoms with Crippen molar-refractivity contribution >= 4 is 58.0 Å². The van der Waals surface area contributed by atoms with Crippen molar-refractivity contribution in [3.8, 4) is 11.8 Å². The molecule has 1 heterocycles. The standard InChI is InChI=1S/C25H20Cl2N2O5S/c1-3-20(30)29-24-21(25(32)33-4-2)22(31)19(35-24)11-14-9-17(26)23(18(27)10-14)34-13-16-8-6-5-7-15(16)12-28/h5-11,31H,3-4,13H2,1-2H3/b19-11-,29-24?. The number of aliphatic imine (C=N–C) groups is 1. The lowest BCUT2D eigenvalue weighted by molar-refractivity contribution is -0.138. The molecule has 1 aliphatic heterocycles. The summed E-state index contributed by atoms with van der Waals surface area (Å²) in [6.45, 7) is 3.47. The van der Waals surface area contributed by atoms with E-state index in [1.807, 2.05) is 0 Å². The number of hydrogen-bond acceptors (Lipinski definition) is 7. The monoisotopic (exact) mass is 530 g/mol. The van der Waals surface area contributed by atoms with Gasteiger partial charge in [0.25, 0.3) is 0 Å². The summed E-state index contributed by atoms with van der Waals surface area (Å²) in [4.78, 5) is 28.4. The van der Waals surface area contributed by atoms with Crippen LogP contribution in [0.1, 0.15) is 37.0 Å². The van der Waals surface area contributed by atoms with Crippen molar-refractivity contribution in [2.45, 2.75) is 26.9 Å². The quantitative estimate of drug-likeness (QED) is 0.421. The minimum Gasteiger partial charge on any atom is -0.506 e. The van der Waals surface area contributed by atoms with E-state index in [0.717, 1.165) is 11.8 Å². The Morgan fingerprint density at radius 1 is 1.20 bits per heavy atom. The Kier molecular flexibility index (Phi) is 8.99. The van der Waals surface area contributed by atoms with E-state index in [2.05, 4.69) is 11.1 Å². The lowest BCUT2D eigenvalue weighted by atomic mass is 10.1. The van der Waals surface area contributed by atoms with Crippen molar-refractivity contribution in [1.29, 1.82) is 5.26 Å². The van der Waals surface area contributed by atoms with Crippen LogP contribution in [0.15, 0.2) is 57.6 Å². The molecular formula is C25H20Cl2N2O5S. The first-order chi connectivity index (χ1) is 16.8. The maximum absolute atomic E-state index is 12.4. The smallest absolute Gasteiger partial charge is 0.344 e. The second-order valence-corrected chi connectivity index (χ2v) is 8.94. The first-order valence-electron chi connectivity index (χ1n) is 10.5. The van der Waals surface area contributed by atoms with E-state index >= 15 is 0 Å². The second-order valence-electron chi connectivity index (χ2n) is 7.09. The summed E-state index contributed by atoms with van der Waals surface area (Å²) in [5.41, 5.74) is 1.52. The maximum Gasteiger partial charge on any atom is 0.344 e. The summed E-state index contributed by atoms with van der Waals surface area (Å²) in [7, 11) is 0. The summed E-state index contributed by atoms with van der Waals surface area (Å²) in [6.07, 6.45) is 1.70. The highest BCUT2D eigenvalue weighted by atomic mass is 35.5. The molecular weight excluding hydrogens is 511 g/mol. The molecule has 1 amide bonds. The molecule has 0 saturated carbocycles. The SMILES string of the molecule is CCOC(=O)C1=C(O)/C(=C/c2cc(Cl)c(OCc3ccccc3C#N)c(Cl)c2)SC1=NC(=O)CC. The first-order valence-corrected chi connectivity index (χ1v) is 12.1. The number of halogens is 2. The molecule has 0 unspecified atom stereocenters. The minimum atomic E-state index is -0.777. The third kappa shape index (κ3) is 6.25. The van der Waals surface area contributed by atoms with Gasteiger partial charge in [0.15, 0.2) is 5.75 Å². The van der Waals surface area contributed by atoms with Gasteiger partial charge in [0.2, 0.25) is 5.91 Å². The maximum atomic E-state index is 12.4. The van der Waals surface area contributed by atoms with Gasteiger partial charge in [-0.15, -0.1) is 0 Å². The molecule has 0 saturated heterocycles. The van der Waals surface area contributed by atoms with Gasteiger partial charge in [0.05, 0.1) is 33.2 Å². The summed E-state index contributed by atoms with van der Waals surface area (Å²) >= 11 is 13.8. The molecule has 0 aromatic heterocycles. The van der Waals surface area contributed by atoms with Gasteiger partial charge >= 0.3 is 5.97 Å². The Bertz CT molecular complexity index is 1290. The molecule has 0 radical (unpaired) electrons. The highest BCUT2D eigenvalue weighted by Crippen LogP contribution is 2.41. The van der Waals surface area contributed by atoms with E-state index in [9.17, 15) is 20.0 Å². The molecule has 2 aromatic rings. The Morgan fingerprint density at radius 2 is 1.89 bits per heavy atom. The van der Waals surface area contributed by atoms with Crippen LogP contribution in [0.5, 0.6) is 5.75 Å². The largest absolute Gasteiger partial charge is 0.506 e. The normalized spacial score (nSPS) is 15.4. The highest BCUT2D eigenvalue weighted by molar-refractivity contribution is 8.18. The van der Waals surface area contributed by atoms with E-state index < -0.39 is 11.9 Å². The van der Waals surface area contributed by atoms with E-state index in [1.54, 1.807) is 56.3 Å². The number of ether oxygens (including phenoxy) is 2. The molecule has 1 N–H and O–H groups in total.